The van der Waals surface area contributed by atoms with Crippen molar-refractivity contribution in [2.45, 2.75) is 6.54 Å². The number of nitrogens with one attached hydrogen (secondary N) is 2. The number of pyridine rings is 2. The van der Waals surface area contributed by atoms with E-state index in [2.05, 4.69) is 15.3 Å². The highest BCUT2D eigenvalue weighted by Gasteiger charge is 2.09. The Morgan fingerprint density at radius 2 is 1.88 bits per heavy atom. The minimum absolute atomic E-state index is 0.170. The lowest BCUT2D eigenvalue weighted by Gasteiger charge is -2.11. The van der Waals surface area contributed by atoms with E-state index in [1.165, 1.54) is 0 Å². The molecule has 0 bridgehead atoms. The molecule has 0 aliphatic rings. The number of nitrogens with zero attached hydrogens (tertiary/aromatic N) is 1. The molecule has 0 unspecified atom stereocenters. The molecule has 2 aromatic carbocycles. The second kappa shape index (κ2) is 6.33. The Balaban J connectivity index is 1.73. The van der Waals surface area contributed by atoms with E-state index in [9.17, 15) is 9.59 Å². The zero-order chi connectivity index (χ0) is 18.1. The molecule has 0 fully saturated rings. The van der Waals surface area contributed by atoms with Gasteiger partial charge in [-0.2, -0.15) is 0 Å². The fraction of sp³-hybridized carbons (Fsp3) is 0.0500. The van der Waals surface area contributed by atoms with E-state index in [1.807, 2.05) is 36.4 Å². The second-order valence-corrected chi connectivity index (χ2v) is 5.99. The number of benzene rings is 2. The molecule has 4 N–H and O–H groups in total. The number of anilines is 1. The minimum Gasteiger partial charge on any atom is -0.381 e. The van der Waals surface area contributed by atoms with Crippen molar-refractivity contribution in [3.63, 3.8) is 0 Å². The van der Waals surface area contributed by atoms with Crippen molar-refractivity contribution in [1.29, 1.82) is 0 Å². The molecular weight excluding hydrogens is 328 g/mol. The quantitative estimate of drug-likeness (QED) is 0.496. The molecule has 0 aliphatic heterocycles. The van der Waals surface area contributed by atoms with Gasteiger partial charge in [-0.05, 0) is 42.0 Å². The van der Waals surface area contributed by atoms with Gasteiger partial charge in [0.05, 0.1) is 0 Å². The Morgan fingerprint density at radius 3 is 2.73 bits per heavy atom. The molecule has 6 nitrogen and oxygen atoms in total. The van der Waals surface area contributed by atoms with Crippen LogP contribution in [0.25, 0.3) is 21.8 Å². The summed E-state index contributed by atoms with van der Waals surface area (Å²) in [5, 5.41) is 5.60. The van der Waals surface area contributed by atoms with Gasteiger partial charge in [-0.3, -0.25) is 9.59 Å². The van der Waals surface area contributed by atoms with E-state index in [0.717, 1.165) is 22.0 Å². The van der Waals surface area contributed by atoms with Crippen LogP contribution in [0.15, 0.2) is 65.6 Å². The van der Waals surface area contributed by atoms with Crippen LogP contribution in [0.5, 0.6) is 0 Å². The Hall–Kier alpha value is -3.67. The molecule has 128 valence electrons. The monoisotopic (exact) mass is 344 g/mol. The number of carbonyl (C=O) groups is 1. The summed E-state index contributed by atoms with van der Waals surface area (Å²) in [6.07, 6.45) is 1.65. The van der Waals surface area contributed by atoms with Crippen molar-refractivity contribution in [1.82, 2.24) is 9.97 Å². The van der Waals surface area contributed by atoms with Gasteiger partial charge < -0.3 is 16.0 Å². The number of hydrogen-bond acceptors (Lipinski definition) is 4. The standard InChI is InChI=1S/C20H16N4O2/c21-18(25)14-5-2-1-4-12(14)11-23-13-7-8-16-17(10-13)15-6-3-9-22-19(15)24-20(16)26/h1-10,23H,11H2,(H2,21,25)(H,22,24,26). The molecule has 0 radical (unpaired) electrons. The summed E-state index contributed by atoms with van der Waals surface area (Å²) in [5.41, 5.74) is 7.96. The third-order valence-corrected chi connectivity index (χ3v) is 4.36. The normalized spacial score (nSPS) is 10.9. The van der Waals surface area contributed by atoms with Gasteiger partial charge in [0.15, 0.2) is 0 Å². The number of rotatable bonds is 4. The predicted molar refractivity (Wildman–Crippen MR) is 102 cm³/mol. The van der Waals surface area contributed by atoms with Gasteiger partial charge in [0.2, 0.25) is 5.91 Å². The Bertz CT molecular complexity index is 1200. The number of carbonyl (C=O) groups excluding carboxylic acids is 1. The fourth-order valence-corrected chi connectivity index (χ4v) is 3.08. The summed E-state index contributed by atoms with van der Waals surface area (Å²) in [4.78, 5) is 30.8. The highest BCUT2D eigenvalue weighted by molar-refractivity contribution is 6.05. The predicted octanol–water partition coefficient (Wildman–Crippen LogP) is 2.79. The first kappa shape index (κ1) is 15.8. The summed E-state index contributed by atoms with van der Waals surface area (Å²) in [5.74, 6) is -0.454. The topological polar surface area (TPSA) is 101 Å². The fourth-order valence-electron chi connectivity index (χ4n) is 3.08. The number of primary amides is 1. The van der Waals surface area contributed by atoms with Gasteiger partial charge in [0.25, 0.3) is 5.56 Å². The number of hydrogen-bond donors (Lipinski definition) is 3. The highest BCUT2D eigenvalue weighted by atomic mass is 16.1. The molecule has 26 heavy (non-hydrogen) atoms. The van der Waals surface area contributed by atoms with Crippen LogP contribution in [-0.2, 0) is 6.54 Å². The molecule has 0 spiro atoms. The second-order valence-electron chi connectivity index (χ2n) is 5.99. The number of amides is 1. The molecule has 1 amide bonds. The zero-order valence-electron chi connectivity index (χ0n) is 13.8. The first-order valence-electron chi connectivity index (χ1n) is 8.16. The van der Waals surface area contributed by atoms with Crippen molar-refractivity contribution in [3.05, 3.63) is 82.3 Å². The zero-order valence-corrected chi connectivity index (χ0v) is 13.8. The Kier molecular flexibility index (Phi) is 3.85. The molecule has 0 saturated carbocycles. The third-order valence-electron chi connectivity index (χ3n) is 4.36. The van der Waals surface area contributed by atoms with Crippen LogP contribution in [0, 0.1) is 0 Å². The molecular formula is C20H16N4O2. The number of aromatic nitrogens is 2. The van der Waals surface area contributed by atoms with Crippen molar-refractivity contribution < 1.29 is 4.79 Å². The van der Waals surface area contributed by atoms with Gasteiger partial charge in [0, 0.05) is 40.2 Å². The van der Waals surface area contributed by atoms with E-state index in [0.29, 0.717) is 23.1 Å². The molecule has 6 heteroatoms. The summed E-state index contributed by atoms with van der Waals surface area (Å²) in [6, 6.07) is 16.5. The maximum atomic E-state index is 12.2. The number of fused-ring (bicyclic) bond motifs is 3. The van der Waals surface area contributed by atoms with Crippen LogP contribution >= 0.6 is 0 Å². The molecule has 0 saturated heterocycles. The van der Waals surface area contributed by atoms with Crippen LogP contribution in [0.4, 0.5) is 5.69 Å². The summed E-state index contributed by atoms with van der Waals surface area (Å²) in [7, 11) is 0. The molecule has 2 heterocycles. The van der Waals surface area contributed by atoms with E-state index in [1.54, 1.807) is 24.4 Å². The first-order valence-corrected chi connectivity index (χ1v) is 8.16. The van der Waals surface area contributed by atoms with Gasteiger partial charge >= 0.3 is 0 Å². The van der Waals surface area contributed by atoms with Crippen LogP contribution in [0.1, 0.15) is 15.9 Å². The molecule has 4 aromatic rings. The lowest BCUT2D eigenvalue weighted by atomic mass is 10.1. The minimum atomic E-state index is -0.454. The summed E-state index contributed by atoms with van der Waals surface area (Å²) in [6.45, 7) is 0.448. The SMILES string of the molecule is NC(=O)c1ccccc1CNc1ccc2c(=O)[nH]c3ncccc3c2c1. The lowest BCUT2D eigenvalue weighted by Crippen LogP contribution is -2.15. The molecule has 0 atom stereocenters. The van der Waals surface area contributed by atoms with Crippen molar-refractivity contribution >= 4 is 33.4 Å². The van der Waals surface area contributed by atoms with E-state index >= 15 is 0 Å². The van der Waals surface area contributed by atoms with E-state index < -0.39 is 5.91 Å². The maximum Gasteiger partial charge on any atom is 0.257 e. The van der Waals surface area contributed by atoms with Crippen LogP contribution in [-0.4, -0.2) is 15.9 Å². The Labute approximate surface area is 148 Å². The van der Waals surface area contributed by atoms with Crippen LogP contribution < -0.4 is 16.6 Å². The molecule has 4 rings (SSSR count). The smallest absolute Gasteiger partial charge is 0.257 e. The van der Waals surface area contributed by atoms with Crippen molar-refractivity contribution in [3.8, 4) is 0 Å². The highest BCUT2D eigenvalue weighted by Crippen LogP contribution is 2.23. The maximum absolute atomic E-state index is 12.2. The lowest BCUT2D eigenvalue weighted by molar-refractivity contribution is 0.0999. The summed E-state index contributed by atoms with van der Waals surface area (Å²) < 4.78 is 0. The van der Waals surface area contributed by atoms with Gasteiger partial charge in [0.1, 0.15) is 5.65 Å². The number of aromatic amines is 1. The van der Waals surface area contributed by atoms with Gasteiger partial charge in [-0.1, -0.05) is 18.2 Å². The first-order chi connectivity index (χ1) is 12.6. The largest absolute Gasteiger partial charge is 0.381 e. The molecule has 0 aliphatic carbocycles. The number of nitrogens with two attached hydrogens (primary N) is 1. The third kappa shape index (κ3) is 2.77. The summed E-state index contributed by atoms with van der Waals surface area (Å²) >= 11 is 0. The van der Waals surface area contributed by atoms with Gasteiger partial charge in [-0.15, -0.1) is 0 Å². The average molecular weight is 344 g/mol. The van der Waals surface area contributed by atoms with Crippen LogP contribution in [0.3, 0.4) is 0 Å². The van der Waals surface area contributed by atoms with Crippen LogP contribution in [0.2, 0.25) is 0 Å². The number of H-pyrrole nitrogens is 1. The van der Waals surface area contributed by atoms with Gasteiger partial charge in [-0.25, -0.2) is 4.98 Å². The Morgan fingerprint density at radius 1 is 1.04 bits per heavy atom. The van der Waals surface area contributed by atoms with Crippen molar-refractivity contribution in [2.24, 2.45) is 5.73 Å². The average Bonchev–Trinajstić information content (AvgIpc) is 2.66. The molecule has 2 aromatic heterocycles. The van der Waals surface area contributed by atoms with E-state index in [4.69, 9.17) is 5.73 Å². The van der Waals surface area contributed by atoms with Crippen molar-refractivity contribution in [2.75, 3.05) is 5.32 Å². The van der Waals surface area contributed by atoms with E-state index in [-0.39, 0.29) is 5.56 Å².